The van der Waals surface area contributed by atoms with E-state index in [0.717, 1.165) is 34.9 Å². The van der Waals surface area contributed by atoms with E-state index >= 15 is 0 Å². The maximum Gasteiger partial charge on any atom is 0.416 e. The van der Waals surface area contributed by atoms with Gasteiger partial charge in [0.15, 0.2) is 0 Å². The number of hydrogen-bond donors (Lipinski definition) is 1. The average Bonchev–Trinajstić information content (AvgIpc) is 2.73. The Bertz CT molecular complexity index is 1270. The van der Waals surface area contributed by atoms with Crippen LogP contribution in [0, 0.1) is 5.82 Å². The van der Waals surface area contributed by atoms with Crippen LogP contribution in [0.15, 0.2) is 76.6 Å². The maximum atomic E-state index is 13.5. The Balaban J connectivity index is 1.58. The number of rotatable bonds is 4. The predicted molar refractivity (Wildman–Crippen MR) is 109 cm³/mol. The number of benzene rings is 3. The van der Waals surface area contributed by atoms with Gasteiger partial charge < -0.3 is 0 Å². The first-order chi connectivity index (χ1) is 14.6. The summed E-state index contributed by atoms with van der Waals surface area (Å²) >= 11 is 0. The molecule has 0 unspecified atom stereocenters. The fraction of sp³-hybridized carbons (Fsp3) is 0.136. The van der Waals surface area contributed by atoms with Gasteiger partial charge in [0, 0.05) is 23.4 Å². The summed E-state index contributed by atoms with van der Waals surface area (Å²) in [6, 6.07) is 14.3. The number of aliphatic imine (C=N–C) groups is 1. The molecule has 0 aliphatic carbocycles. The molecular formula is C22H16F4N2O2S. The third kappa shape index (κ3) is 4.46. The zero-order valence-corrected chi connectivity index (χ0v) is 16.8. The number of nitrogens with one attached hydrogen (secondary N) is 1. The molecule has 9 heteroatoms. The molecule has 31 heavy (non-hydrogen) atoms. The van der Waals surface area contributed by atoms with Gasteiger partial charge in [-0.15, -0.1) is 0 Å². The SMILES string of the molecule is O=S(=O)(Nc1ccc(C2=NCCc3cc(F)ccc32)cc1)c1cccc(C(F)(F)F)c1. The molecule has 1 aliphatic rings. The average molecular weight is 448 g/mol. The number of fused-ring (bicyclic) bond motifs is 1. The number of sulfonamides is 1. The first-order valence-electron chi connectivity index (χ1n) is 9.27. The molecule has 0 saturated carbocycles. The zero-order valence-electron chi connectivity index (χ0n) is 15.9. The van der Waals surface area contributed by atoms with Gasteiger partial charge in [0.05, 0.1) is 16.2 Å². The van der Waals surface area contributed by atoms with Crippen molar-refractivity contribution < 1.29 is 26.0 Å². The lowest BCUT2D eigenvalue weighted by atomic mass is 9.93. The zero-order chi connectivity index (χ0) is 22.2. The van der Waals surface area contributed by atoms with Crippen LogP contribution in [0.4, 0.5) is 23.2 Å². The first kappa shape index (κ1) is 21.0. The summed E-state index contributed by atoms with van der Waals surface area (Å²) in [6.07, 6.45) is -4.02. The van der Waals surface area contributed by atoms with Crippen molar-refractivity contribution in [2.45, 2.75) is 17.5 Å². The molecule has 0 spiro atoms. The van der Waals surface area contributed by atoms with Crippen molar-refractivity contribution in [2.75, 3.05) is 11.3 Å². The lowest BCUT2D eigenvalue weighted by Crippen LogP contribution is -2.16. The number of alkyl halides is 3. The van der Waals surface area contributed by atoms with Crippen LogP contribution in [0.2, 0.25) is 0 Å². The van der Waals surface area contributed by atoms with Gasteiger partial charge in [0.25, 0.3) is 10.0 Å². The molecule has 0 bridgehead atoms. The van der Waals surface area contributed by atoms with Gasteiger partial charge in [-0.3, -0.25) is 9.71 Å². The van der Waals surface area contributed by atoms with Crippen molar-refractivity contribution >= 4 is 21.4 Å². The number of anilines is 1. The van der Waals surface area contributed by atoms with Gasteiger partial charge in [-0.25, -0.2) is 12.8 Å². The maximum absolute atomic E-state index is 13.5. The van der Waals surface area contributed by atoms with Crippen molar-refractivity contribution in [1.82, 2.24) is 0 Å². The van der Waals surface area contributed by atoms with Crippen molar-refractivity contribution in [3.05, 3.63) is 94.8 Å². The van der Waals surface area contributed by atoms with Gasteiger partial charge in [0.1, 0.15) is 5.82 Å². The molecule has 1 N–H and O–H groups in total. The highest BCUT2D eigenvalue weighted by molar-refractivity contribution is 7.92. The monoisotopic (exact) mass is 448 g/mol. The molecule has 1 heterocycles. The number of nitrogens with zero attached hydrogens (tertiary/aromatic N) is 1. The topological polar surface area (TPSA) is 58.5 Å². The summed E-state index contributed by atoms with van der Waals surface area (Å²) in [7, 11) is -4.21. The summed E-state index contributed by atoms with van der Waals surface area (Å²) in [6.45, 7) is 0.510. The molecule has 0 saturated heterocycles. The largest absolute Gasteiger partial charge is 0.416 e. The molecule has 0 atom stereocenters. The molecule has 160 valence electrons. The lowest BCUT2D eigenvalue weighted by molar-refractivity contribution is -0.137. The summed E-state index contributed by atoms with van der Waals surface area (Å²) in [5.74, 6) is -0.320. The van der Waals surface area contributed by atoms with Crippen molar-refractivity contribution in [3.63, 3.8) is 0 Å². The fourth-order valence-corrected chi connectivity index (χ4v) is 4.47. The smallest absolute Gasteiger partial charge is 0.284 e. The minimum Gasteiger partial charge on any atom is -0.284 e. The Hall–Kier alpha value is -3.20. The van der Waals surface area contributed by atoms with Crippen molar-refractivity contribution in [2.24, 2.45) is 4.99 Å². The predicted octanol–water partition coefficient (Wildman–Crippen LogP) is 5.04. The molecule has 3 aromatic rings. The van der Waals surface area contributed by atoms with Gasteiger partial charge >= 0.3 is 6.18 Å². The molecule has 1 aliphatic heterocycles. The van der Waals surface area contributed by atoms with E-state index in [1.54, 1.807) is 18.2 Å². The van der Waals surface area contributed by atoms with E-state index in [1.165, 1.54) is 24.3 Å². The molecule has 3 aromatic carbocycles. The summed E-state index contributed by atoms with van der Waals surface area (Å²) in [4.78, 5) is 4.02. The van der Waals surface area contributed by atoms with E-state index in [9.17, 15) is 26.0 Å². The lowest BCUT2D eigenvalue weighted by Gasteiger charge is -2.17. The normalized spacial score (nSPS) is 14.0. The summed E-state index contributed by atoms with van der Waals surface area (Å²) in [5.41, 5.74) is 2.19. The summed E-state index contributed by atoms with van der Waals surface area (Å²) < 4.78 is 79.5. The third-order valence-electron chi connectivity index (χ3n) is 4.86. The highest BCUT2D eigenvalue weighted by Crippen LogP contribution is 2.31. The number of halogens is 4. The highest BCUT2D eigenvalue weighted by Gasteiger charge is 2.31. The minimum absolute atomic E-state index is 0.192. The minimum atomic E-state index is -4.65. The second-order valence-electron chi connectivity index (χ2n) is 6.99. The summed E-state index contributed by atoms with van der Waals surface area (Å²) in [5, 5.41) is 0. The van der Waals surface area contributed by atoms with Crippen LogP contribution in [0.5, 0.6) is 0 Å². The molecule has 0 fully saturated rings. The van der Waals surface area contributed by atoms with E-state index in [-0.39, 0.29) is 11.5 Å². The second kappa shape index (κ2) is 7.81. The van der Waals surface area contributed by atoms with Crippen LogP contribution >= 0.6 is 0 Å². The quantitative estimate of drug-likeness (QED) is 0.569. The van der Waals surface area contributed by atoms with Crippen LogP contribution < -0.4 is 4.72 Å². The van der Waals surface area contributed by atoms with Crippen LogP contribution in [0.25, 0.3) is 0 Å². The molecule has 4 rings (SSSR count). The first-order valence-corrected chi connectivity index (χ1v) is 10.8. The highest BCUT2D eigenvalue weighted by atomic mass is 32.2. The van der Waals surface area contributed by atoms with Gasteiger partial charge in [-0.05, 0) is 60.5 Å². The van der Waals surface area contributed by atoms with Crippen LogP contribution in [-0.4, -0.2) is 20.7 Å². The van der Waals surface area contributed by atoms with E-state index in [2.05, 4.69) is 9.71 Å². The van der Waals surface area contributed by atoms with Crippen LogP contribution in [0.1, 0.15) is 22.3 Å². The Morgan fingerprint density at radius 2 is 1.68 bits per heavy atom. The third-order valence-corrected chi connectivity index (χ3v) is 6.23. The van der Waals surface area contributed by atoms with Gasteiger partial charge in [0.2, 0.25) is 0 Å². The molecule has 0 amide bonds. The van der Waals surface area contributed by atoms with Crippen LogP contribution in [0.3, 0.4) is 0 Å². The van der Waals surface area contributed by atoms with E-state index < -0.39 is 26.7 Å². The van der Waals surface area contributed by atoms with E-state index in [4.69, 9.17) is 0 Å². The Morgan fingerprint density at radius 3 is 2.39 bits per heavy atom. The standard InChI is InChI=1S/C22H16F4N2O2S/c23-17-6-9-20-15(12-17)10-11-27-21(20)14-4-7-18(8-5-14)28-31(29,30)19-3-1-2-16(13-19)22(24,25)26/h1-9,12-13,28H,10-11H2. The molecule has 0 aromatic heterocycles. The Labute approximate surface area is 176 Å². The number of hydrogen-bond acceptors (Lipinski definition) is 3. The van der Waals surface area contributed by atoms with Crippen molar-refractivity contribution in [3.8, 4) is 0 Å². The van der Waals surface area contributed by atoms with Crippen molar-refractivity contribution in [1.29, 1.82) is 0 Å². The Morgan fingerprint density at radius 1 is 0.935 bits per heavy atom. The Kier molecular flexibility index (Phi) is 5.30. The van der Waals surface area contributed by atoms with E-state index in [1.807, 2.05) is 0 Å². The van der Waals surface area contributed by atoms with Crippen LogP contribution in [-0.2, 0) is 22.6 Å². The van der Waals surface area contributed by atoms with Gasteiger partial charge in [-0.1, -0.05) is 18.2 Å². The second-order valence-corrected chi connectivity index (χ2v) is 8.67. The molecule has 4 nitrogen and oxygen atoms in total. The molecule has 0 radical (unpaired) electrons. The molecular weight excluding hydrogens is 432 g/mol. The van der Waals surface area contributed by atoms with Gasteiger partial charge in [-0.2, -0.15) is 13.2 Å². The fourth-order valence-electron chi connectivity index (χ4n) is 3.37. The van der Waals surface area contributed by atoms with E-state index in [0.29, 0.717) is 24.7 Å².